The Bertz CT molecular complexity index is 1050. The third kappa shape index (κ3) is 3.30. The second-order valence-corrected chi connectivity index (χ2v) is 8.26. The molecule has 144 valence electrons. The summed E-state index contributed by atoms with van der Waals surface area (Å²) in [5.41, 5.74) is 8.11. The number of aryl methyl sites for hydroxylation is 1. The van der Waals surface area contributed by atoms with E-state index in [4.69, 9.17) is 10.3 Å². The van der Waals surface area contributed by atoms with Crippen LogP contribution < -0.4 is 5.73 Å². The van der Waals surface area contributed by atoms with E-state index >= 15 is 0 Å². The molecule has 7 heteroatoms. The van der Waals surface area contributed by atoms with Crippen molar-refractivity contribution in [2.75, 3.05) is 0 Å². The number of nitrogens with two attached hydrogens (primary N) is 1. The third-order valence-corrected chi connectivity index (χ3v) is 6.00. The van der Waals surface area contributed by atoms with Crippen LogP contribution in [0.1, 0.15) is 35.4 Å². The van der Waals surface area contributed by atoms with Crippen molar-refractivity contribution in [1.29, 1.82) is 0 Å². The highest BCUT2D eigenvalue weighted by Crippen LogP contribution is 2.49. The largest absolute Gasteiger partial charge is 0.378 e. The second kappa shape index (κ2) is 7.05. The number of rotatable bonds is 3. The molecule has 0 saturated carbocycles. The molecule has 0 amide bonds. The van der Waals surface area contributed by atoms with Gasteiger partial charge in [0.25, 0.3) is 0 Å². The summed E-state index contributed by atoms with van der Waals surface area (Å²) in [6.45, 7) is 3.69. The van der Waals surface area contributed by atoms with Crippen molar-refractivity contribution in [3.8, 4) is 11.3 Å². The van der Waals surface area contributed by atoms with Gasteiger partial charge in [0.05, 0.1) is 11.2 Å². The number of aromatic nitrogens is 1. The minimum atomic E-state index is -0.921. The Labute approximate surface area is 165 Å². The lowest BCUT2D eigenvalue weighted by molar-refractivity contribution is 0.417. The predicted octanol–water partition coefficient (Wildman–Crippen LogP) is 5.34. The van der Waals surface area contributed by atoms with Gasteiger partial charge in [-0.1, -0.05) is 53.3 Å². The van der Waals surface area contributed by atoms with Crippen LogP contribution in [0, 0.1) is 18.6 Å². The fourth-order valence-corrected chi connectivity index (χ4v) is 5.02. The van der Waals surface area contributed by atoms with Crippen molar-refractivity contribution in [2.24, 2.45) is 10.7 Å². The van der Waals surface area contributed by atoms with E-state index in [-0.39, 0.29) is 5.25 Å². The van der Waals surface area contributed by atoms with Crippen LogP contribution in [-0.4, -0.2) is 10.3 Å². The highest BCUT2D eigenvalue weighted by molar-refractivity contribution is 8.14. The molecular formula is C21H19F2N3OS. The molecule has 0 radical (unpaired) electrons. The number of hydrogen-bond donors (Lipinski definition) is 1. The standard InChI is InChI=1S/C21H19F2N3OS/c1-12-18(19(27-26-12)13-6-4-3-5-7-13)17-11-21(2,25-20(24)28-17)15-9-8-14(22)10-16(15)23/h3-10,17H,11H2,1-2H3,(H2,24,25)/t17-,21-/m0/s1. The first-order chi connectivity index (χ1) is 13.4. The summed E-state index contributed by atoms with van der Waals surface area (Å²) in [6.07, 6.45) is 0.475. The second-order valence-electron chi connectivity index (χ2n) is 7.04. The smallest absolute Gasteiger partial charge is 0.171 e. The molecule has 28 heavy (non-hydrogen) atoms. The molecule has 4 rings (SSSR count). The van der Waals surface area contributed by atoms with Crippen molar-refractivity contribution in [3.63, 3.8) is 0 Å². The van der Waals surface area contributed by atoms with Gasteiger partial charge in [0.1, 0.15) is 11.6 Å². The SMILES string of the molecule is Cc1noc(-c2ccccc2)c1[C@@H]1C[C@@](C)(c2ccc(F)cc2F)N=C(N)S1. The van der Waals surface area contributed by atoms with Gasteiger partial charge in [0.15, 0.2) is 10.9 Å². The molecule has 1 aliphatic rings. The van der Waals surface area contributed by atoms with E-state index in [2.05, 4.69) is 10.1 Å². The van der Waals surface area contributed by atoms with Gasteiger partial charge in [0, 0.05) is 28.0 Å². The Morgan fingerprint density at radius 1 is 1.18 bits per heavy atom. The molecule has 2 atom stereocenters. The Morgan fingerprint density at radius 3 is 2.64 bits per heavy atom. The van der Waals surface area contributed by atoms with Crippen LogP contribution in [0.2, 0.25) is 0 Å². The van der Waals surface area contributed by atoms with Gasteiger partial charge in [-0.05, 0) is 26.3 Å². The average Bonchev–Trinajstić information content (AvgIpc) is 3.03. The highest BCUT2D eigenvalue weighted by atomic mass is 32.2. The minimum Gasteiger partial charge on any atom is -0.378 e. The summed E-state index contributed by atoms with van der Waals surface area (Å²) in [7, 11) is 0. The molecular weight excluding hydrogens is 380 g/mol. The first-order valence-corrected chi connectivity index (χ1v) is 9.74. The van der Waals surface area contributed by atoms with Gasteiger partial charge < -0.3 is 10.3 Å². The van der Waals surface area contributed by atoms with E-state index < -0.39 is 17.2 Å². The fourth-order valence-electron chi connectivity index (χ4n) is 3.67. The van der Waals surface area contributed by atoms with Gasteiger partial charge in [-0.15, -0.1) is 0 Å². The lowest BCUT2D eigenvalue weighted by atomic mass is 9.85. The van der Waals surface area contributed by atoms with Gasteiger partial charge in [-0.3, -0.25) is 4.99 Å². The van der Waals surface area contributed by atoms with Crippen LogP contribution in [0.15, 0.2) is 58.0 Å². The molecule has 1 aliphatic heterocycles. The molecule has 0 unspecified atom stereocenters. The molecule has 2 aromatic carbocycles. The third-order valence-electron chi connectivity index (χ3n) is 4.98. The number of nitrogens with zero attached hydrogens (tertiary/aromatic N) is 2. The quantitative estimate of drug-likeness (QED) is 0.646. The van der Waals surface area contributed by atoms with Gasteiger partial charge in [0.2, 0.25) is 0 Å². The number of amidine groups is 1. The summed E-state index contributed by atoms with van der Waals surface area (Å²) in [5, 5.41) is 4.37. The maximum absolute atomic E-state index is 14.5. The Kier molecular flexibility index (Phi) is 4.71. The first-order valence-electron chi connectivity index (χ1n) is 8.86. The number of aliphatic imine (C=N–C) groups is 1. The summed E-state index contributed by atoms with van der Waals surface area (Å²) in [6, 6.07) is 13.3. The van der Waals surface area contributed by atoms with Crippen molar-refractivity contribution in [2.45, 2.75) is 31.1 Å². The molecule has 2 heterocycles. The Morgan fingerprint density at radius 2 is 1.93 bits per heavy atom. The molecule has 3 aromatic rings. The van der Waals surface area contributed by atoms with E-state index in [9.17, 15) is 8.78 Å². The van der Waals surface area contributed by atoms with Crippen LogP contribution in [0.3, 0.4) is 0 Å². The van der Waals surface area contributed by atoms with Crippen LogP contribution in [0.4, 0.5) is 8.78 Å². The molecule has 1 aromatic heterocycles. The summed E-state index contributed by atoms with van der Waals surface area (Å²) >= 11 is 1.40. The van der Waals surface area contributed by atoms with Crippen LogP contribution >= 0.6 is 11.8 Å². The molecule has 4 nitrogen and oxygen atoms in total. The van der Waals surface area contributed by atoms with Gasteiger partial charge in [-0.25, -0.2) is 8.78 Å². The molecule has 0 aliphatic carbocycles. The van der Waals surface area contributed by atoms with E-state index in [0.29, 0.717) is 22.9 Å². The topological polar surface area (TPSA) is 64.4 Å². The van der Waals surface area contributed by atoms with Crippen molar-refractivity contribution in [3.05, 3.63) is 77.0 Å². The zero-order valence-electron chi connectivity index (χ0n) is 15.4. The Balaban J connectivity index is 1.78. The lowest BCUT2D eigenvalue weighted by Crippen LogP contribution is -2.31. The van der Waals surface area contributed by atoms with E-state index in [1.165, 1.54) is 23.9 Å². The zero-order chi connectivity index (χ0) is 19.9. The zero-order valence-corrected chi connectivity index (χ0v) is 16.3. The van der Waals surface area contributed by atoms with E-state index in [0.717, 1.165) is 22.9 Å². The molecule has 0 bridgehead atoms. The fraction of sp³-hybridized carbons (Fsp3) is 0.238. The summed E-state index contributed by atoms with van der Waals surface area (Å²) < 4.78 is 33.5. The molecule has 0 saturated heterocycles. The van der Waals surface area contributed by atoms with Crippen LogP contribution in [0.25, 0.3) is 11.3 Å². The number of benzene rings is 2. The maximum atomic E-state index is 14.5. The number of hydrogen-bond acceptors (Lipinski definition) is 5. The monoisotopic (exact) mass is 399 g/mol. The normalized spacial score (nSPS) is 22.1. The lowest BCUT2D eigenvalue weighted by Gasteiger charge is -2.35. The van der Waals surface area contributed by atoms with E-state index in [1.807, 2.05) is 44.2 Å². The minimum absolute atomic E-state index is 0.131. The molecule has 2 N–H and O–H groups in total. The van der Waals surface area contributed by atoms with Crippen molar-refractivity contribution in [1.82, 2.24) is 5.16 Å². The average molecular weight is 399 g/mol. The van der Waals surface area contributed by atoms with Crippen LogP contribution in [0.5, 0.6) is 0 Å². The van der Waals surface area contributed by atoms with Gasteiger partial charge in [-0.2, -0.15) is 0 Å². The van der Waals surface area contributed by atoms with E-state index in [1.54, 1.807) is 0 Å². The summed E-state index contributed by atoms with van der Waals surface area (Å²) in [5.74, 6) is -0.577. The highest BCUT2D eigenvalue weighted by Gasteiger charge is 2.39. The first kappa shape index (κ1) is 18.7. The predicted molar refractivity (Wildman–Crippen MR) is 107 cm³/mol. The molecule has 0 fully saturated rings. The maximum Gasteiger partial charge on any atom is 0.171 e. The Hall–Kier alpha value is -2.67. The number of thioether (sulfide) groups is 1. The summed E-state index contributed by atoms with van der Waals surface area (Å²) in [4.78, 5) is 4.51. The van der Waals surface area contributed by atoms with Gasteiger partial charge >= 0.3 is 0 Å². The van der Waals surface area contributed by atoms with Crippen molar-refractivity contribution >= 4 is 16.9 Å². The molecule has 0 spiro atoms. The number of halogens is 2. The van der Waals surface area contributed by atoms with Crippen molar-refractivity contribution < 1.29 is 13.3 Å². The van der Waals surface area contributed by atoms with Crippen LogP contribution in [-0.2, 0) is 5.54 Å².